The van der Waals surface area contributed by atoms with Crippen LogP contribution in [0.4, 0.5) is 5.69 Å². The maximum Gasteiger partial charge on any atom is 0.272 e. The zero-order valence-electron chi connectivity index (χ0n) is 24.3. The highest BCUT2D eigenvalue weighted by molar-refractivity contribution is 5.96. The van der Waals surface area contributed by atoms with Crippen LogP contribution in [0, 0.1) is 11.3 Å². The molecule has 0 bridgehead atoms. The van der Waals surface area contributed by atoms with Crippen molar-refractivity contribution in [2.45, 2.75) is 51.3 Å². The van der Waals surface area contributed by atoms with Crippen LogP contribution in [0.3, 0.4) is 0 Å². The molecule has 3 heterocycles. The molecule has 222 valence electrons. The van der Waals surface area contributed by atoms with Gasteiger partial charge >= 0.3 is 0 Å². The SMILES string of the molecule is CC(=O)Nc1cccc(OC2CCN(C(=O)c3ccc(C(=O)NC4CCN(Cc5ccc(C#N)cc5)CC4)cn3)CC2)c1. The third kappa shape index (κ3) is 8.17. The van der Waals surface area contributed by atoms with E-state index in [2.05, 4.69) is 26.6 Å². The lowest BCUT2D eigenvalue weighted by atomic mass is 10.0. The molecule has 10 heteroatoms. The lowest BCUT2D eigenvalue weighted by Crippen LogP contribution is -2.44. The number of aromatic nitrogens is 1. The van der Waals surface area contributed by atoms with Gasteiger partial charge in [-0.2, -0.15) is 5.26 Å². The molecule has 3 aromatic rings. The molecule has 0 atom stereocenters. The van der Waals surface area contributed by atoms with Crippen molar-refractivity contribution >= 4 is 23.4 Å². The first kappa shape index (κ1) is 29.7. The third-order valence-electron chi connectivity index (χ3n) is 7.84. The maximum absolute atomic E-state index is 13.1. The van der Waals surface area contributed by atoms with Gasteiger partial charge in [0.05, 0.1) is 17.2 Å². The van der Waals surface area contributed by atoms with Crippen LogP contribution in [0.5, 0.6) is 5.75 Å². The second-order valence-corrected chi connectivity index (χ2v) is 11.1. The summed E-state index contributed by atoms with van der Waals surface area (Å²) in [5, 5.41) is 14.8. The van der Waals surface area contributed by atoms with E-state index in [-0.39, 0.29) is 29.9 Å². The molecule has 43 heavy (non-hydrogen) atoms. The first-order valence-corrected chi connectivity index (χ1v) is 14.7. The van der Waals surface area contributed by atoms with Gasteiger partial charge in [0, 0.05) is 76.5 Å². The molecule has 0 unspecified atom stereocenters. The molecule has 2 fully saturated rings. The summed E-state index contributed by atoms with van der Waals surface area (Å²) in [5.74, 6) is 0.200. The van der Waals surface area contributed by atoms with E-state index in [9.17, 15) is 14.4 Å². The van der Waals surface area contributed by atoms with Gasteiger partial charge in [0.15, 0.2) is 0 Å². The first-order valence-electron chi connectivity index (χ1n) is 14.7. The van der Waals surface area contributed by atoms with E-state index in [1.165, 1.54) is 18.7 Å². The fourth-order valence-corrected chi connectivity index (χ4v) is 5.48. The number of pyridine rings is 1. The molecule has 10 nitrogen and oxygen atoms in total. The van der Waals surface area contributed by atoms with Crippen LogP contribution < -0.4 is 15.4 Å². The second kappa shape index (κ2) is 13.9. The summed E-state index contributed by atoms with van der Waals surface area (Å²) in [6, 6.07) is 20.5. The van der Waals surface area contributed by atoms with Crippen LogP contribution in [0.25, 0.3) is 0 Å². The summed E-state index contributed by atoms with van der Waals surface area (Å²) in [7, 11) is 0. The van der Waals surface area contributed by atoms with Crippen molar-refractivity contribution in [1.29, 1.82) is 5.26 Å². The Morgan fingerprint density at radius 1 is 0.977 bits per heavy atom. The number of hydrogen-bond acceptors (Lipinski definition) is 7. The summed E-state index contributed by atoms with van der Waals surface area (Å²) in [5.41, 5.74) is 3.26. The fraction of sp³-hybridized carbons (Fsp3) is 0.364. The van der Waals surface area contributed by atoms with Gasteiger partial charge in [-0.1, -0.05) is 18.2 Å². The van der Waals surface area contributed by atoms with Crippen LogP contribution in [0.1, 0.15) is 64.6 Å². The second-order valence-electron chi connectivity index (χ2n) is 11.1. The Balaban J connectivity index is 1.05. The summed E-state index contributed by atoms with van der Waals surface area (Å²) in [6.45, 7) is 5.13. The largest absolute Gasteiger partial charge is 0.490 e. The van der Waals surface area contributed by atoms with E-state index in [1.807, 2.05) is 42.5 Å². The van der Waals surface area contributed by atoms with Crippen molar-refractivity contribution in [2.24, 2.45) is 0 Å². The number of nitrogens with one attached hydrogen (secondary N) is 2. The number of carbonyl (C=O) groups excluding carboxylic acids is 3. The number of ether oxygens (including phenoxy) is 1. The highest BCUT2D eigenvalue weighted by atomic mass is 16.5. The normalized spacial score (nSPS) is 16.2. The standard InChI is InChI=1S/C33H36N6O4/c1-23(40)36-28-3-2-4-30(19-28)43-29-13-17-39(18-14-29)33(42)31-10-9-26(21-35-31)32(41)37-27-11-15-38(16-12-27)22-25-7-5-24(20-34)6-8-25/h2-10,19,21,27,29H,11-18,22H2,1H3,(H,36,40)(H,37,41). The number of anilines is 1. The molecule has 0 saturated carbocycles. The van der Waals surface area contributed by atoms with Gasteiger partial charge in [0.25, 0.3) is 11.8 Å². The Morgan fingerprint density at radius 2 is 1.72 bits per heavy atom. The molecule has 2 aromatic carbocycles. The Hall–Kier alpha value is -4.75. The van der Waals surface area contributed by atoms with E-state index in [0.29, 0.717) is 54.2 Å². The van der Waals surface area contributed by atoms with Crippen molar-refractivity contribution in [3.8, 4) is 11.8 Å². The molecular weight excluding hydrogens is 544 g/mol. The number of hydrogen-bond donors (Lipinski definition) is 2. The Labute approximate surface area is 251 Å². The van der Waals surface area contributed by atoms with Crippen LogP contribution in [0.15, 0.2) is 66.9 Å². The molecule has 3 amide bonds. The van der Waals surface area contributed by atoms with Gasteiger partial charge in [0.1, 0.15) is 17.5 Å². The van der Waals surface area contributed by atoms with Crippen molar-refractivity contribution in [2.75, 3.05) is 31.5 Å². The summed E-state index contributed by atoms with van der Waals surface area (Å²) < 4.78 is 6.09. The highest BCUT2D eigenvalue weighted by Gasteiger charge is 2.26. The number of nitriles is 1. The van der Waals surface area contributed by atoms with Crippen molar-refractivity contribution in [3.05, 3.63) is 89.2 Å². The minimum Gasteiger partial charge on any atom is -0.490 e. The highest BCUT2D eigenvalue weighted by Crippen LogP contribution is 2.23. The average Bonchev–Trinajstić information content (AvgIpc) is 3.02. The predicted octanol–water partition coefficient (Wildman–Crippen LogP) is 3.99. The minimum atomic E-state index is -0.183. The van der Waals surface area contributed by atoms with Crippen LogP contribution in [-0.4, -0.2) is 70.8 Å². The van der Waals surface area contributed by atoms with Crippen molar-refractivity contribution in [1.82, 2.24) is 20.1 Å². The number of rotatable bonds is 8. The Kier molecular flexibility index (Phi) is 9.64. The minimum absolute atomic E-state index is 0.0292. The van der Waals surface area contributed by atoms with E-state index in [1.54, 1.807) is 23.1 Å². The lowest BCUT2D eigenvalue weighted by molar-refractivity contribution is -0.114. The van der Waals surface area contributed by atoms with Crippen molar-refractivity contribution in [3.63, 3.8) is 0 Å². The zero-order valence-corrected chi connectivity index (χ0v) is 24.3. The topological polar surface area (TPSA) is 128 Å². The fourth-order valence-electron chi connectivity index (χ4n) is 5.48. The van der Waals surface area contributed by atoms with Gasteiger partial charge in [0.2, 0.25) is 5.91 Å². The molecule has 2 aliphatic heterocycles. The Morgan fingerprint density at radius 3 is 2.37 bits per heavy atom. The smallest absolute Gasteiger partial charge is 0.272 e. The van der Waals surface area contributed by atoms with E-state index in [4.69, 9.17) is 10.00 Å². The Bertz CT molecular complexity index is 1470. The van der Waals surface area contributed by atoms with Gasteiger partial charge in [-0.3, -0.25) is 24.3 Å². The molecular formula is C33H36N6O4. The lowest BCUT2D eigenvalue weighted by Gasteiger charge is -2.32. The molecule has 1 aromatic heterocycles. The molecule has 0 aliphatic carbocycles. The summed E-state index contributed by atoms with van der Waals surface area (Å²) >= 11 is 0. The molecule has 2 saturated heterocycles. The van der Waals surface area contributed by atoms with Gasteiger partial charge in [-0.05, 0) is 54.8 Å². The van der Waals surface area contributed by atoms with Crippen molar-refractivity contribution < 1.29 is 19.1 Å². The molecule has 2 N–H and O–H groups in total. The number of amides is 3. The average molecular weight is 581 g/mol. The number of carbonyl (C=O) groups is 3. The third-order valence-corrected chi connectivity index (χ3v) is 7.84. The number of nitrogens with zero attached hydrogens (tertiary/aromatic N) is 4. The van der Waals surface area contributed by atoms with Crippen LogP contribution in [-0.2, 0) is 11.3 Å². The quantitative estimate of drug-likeness (QED) is 0.412. The van der Waals surface area contributed by atoms with Crippen LogP contribution in [0.2, 0.25) is 0 Å². The van der Waals surface area contributed by atoms with Crippen LogP contribution >= 0.6 is 0 Å². The monoisotopic (exact) mass is 580 g/mol. The summed E-state index contributed by atoms with van der Waals surface area (Å²) in [6.07, 6.45) is 4.52. The van der Waals surface area contributed by atoms with Gasteiger partial charge in [-0.15, -0.1) is 0 Å². The number of piperidine rings is 2. The molecule has 5 rings (SSSR count). The van der Waals surface area contributed by atoms with E-state index < -0.39 is 0 Å². The molecule has 2 aliphatic rings. The first-order chi connectivity index (χ1) is 20.9. The van der Waals surface area contributed by atoms with Gasteiger partial charge in [-0.25, -0.2) is 0 Å². The molecule has 0 spiro atoms. The maximum atomic E-state index is 13.1. The summed E-state index contributed by atoms with van der Waals surface area (Å²) in [4.78, 5) is 45.7. The number of benzene rings is 2. The van der Waals surface area contributed by atoms with E-state index in [0.717, 1.165) is 32.5 Å². The molecule has 0 radical (unpaired) electrons. The zero-order chi connectivity index (χ0) is 30.2. The predicted molar refractivity (Wildman–Crippen MR) is 161 cm³/mol. The van der Waals surface area contributed by atoms with Gasteiger partial charge < -0.3 is 20.3 Å². The number of likely N-dealkylation sites (tertiary alicyclic amines) is 2. The van der Waals surface area contributed by atoms with E-state index >= 15 is 0 Å².